The first-order valence-corrected chi connectivity index (χ1v) is 5.84. The van der Waals surface area contributed by atoms with Gasteiger partial charge in [-0.25, -0.2) is 0 Å². The fourth-order valence-electron chi connectivity index (χ4n) is 1.67. The Hall–Kier alpha value is -2.44. The molecule has 7 heteroatoms. The van der Waals surface area contributed by atoms with Crippen molar-refractivity contribution in [3.8, 4) is 0 Å². The number of carbonyl (C=O) groups is 1. The van der Waals surface area contributed by atoms with Gasteiger partial charge in [0.25, 0.3) is 5.91 Å². The number of aryl methyl sites for hydroxylation is 1. The second-order valence-corrected chi connectivity index (χ2v) is 4.24. The zero-order chi connectivity index (χ0) is 13.8. The van der Waals surface area contributed by atoms with Crippen molar-refractivity contribution in [2.24, 2.45) is 7.05 Å². The van der Waals surface area contributed by atoms with Gasteiger partial charge in [0.15, 0.2) is 5.69 Å². The number of carbonyl (C=O) groups excluding carboxylic acids is 1. The Morgan fingerprint density at radius 2 is 2.21 bits per heavy atom. The highest BCUT2D eigenvalue weighted by Gasteiger charge is 2.14. The summed E-state index contributed by atoms with van der Waals surface area (Å²) in [6, 6.07) is 3.37. The van der Waals surface area contributed by atoms with Gasteiger partial charge in [0, 0.05) is 39.4 Å². The number of hydrogen-bond donors (Lipinski definition) is 1. The van der Waals surface area contributed by atoms with Crippen LogP contribution < -0.4 is 5.32 Å². The summed E-state index contributed by atoms with van der Waals surface area (Å²) in [4.78, 5) is 13.7. The zero-order valence-electron chi connectivity index (χ0n) is 11.2. The third-order valence-corrected chi connectivity index (χ3v) is 2.66. The van der Waals surface area contributed by atoms with E-state index >= 15 is 0 Å². The molecule has 0 saturated heterocycles. The molecule has 2 aromatic heterocycles. The molecule has 0 saturated carbocycles. The lowest BCUT2D eigenvalue weighted by atomic mass is 10.3. The van der Waals surface area contributed by atoms with Gasteiger partial charge in [-0.15, -0.1) is 10.2 Å². The van der Waals surface area contributed by atoms with Crippen LogP contribution >= 0.6 is 0 Å². The van der Waals surface area contributed by atoms with Crippen LogP contribution in [0.1, 0.15) is 16.1 Å². The molecule has 7 nitrogen and oxygen atoms in total. The van der Waals surface area contributed by atoms with E-state index in [1.54, 1.807) is 42.0 Å². The fourth-order valence-corrected chi connectivity index (χ4v) is 1.67. The highest BCUT2D eigenvalue weighted by molar-refractivity contribution is 5.92. The lowest BCUT2D eigenvalue weighted by Crippen LogP contribution is -2.27. The van der Waals surface area contributed by atoms with Gasteiger partial charge in [-0.05, 0) is 12.1 Å². The first-order chi connectivity index (χ1) is 9.10. The number of aromatic nitrogens is 4. The van der Waals surface area contributed by atoms with E-state index in [0.29, 0.717) is 18.1 Å². The van der Waals surface area contributed by atoms with Gasteiger partial charge in [-0.1, -0.05) is 0 Å². The van der Waals surface area contributed by atoms with E-state index in [0.717, 1.165) is 5.56 Å². The van der Waals surface area contributed by atoms with Crippen LogP contribution in [0.25, 0.3) is 0 Å². The standard InChI is InChI=1S/C12H16N6O/c1-13-11-5-4-10(15-16-11)12(19)17(2)7-9-6-14-18(3)8-9/h4-6,8H,7H2,1-3H3,(H,13,16). The lowest BCUT2D eigenvalue weighted by Gasteiger charge is -2.15. The maximum absolute atomic E-state index is 12.1. The van der Waals surface area contributed by atoms with Crippen LogP contribution in [0.5, 0.6) is 0 Å². The van der Waals surface area contributed by atoms with Crippen LogP contribution in [0.2, 0.25) is 0 Å². The molecule has 2 aromatic rings. The molecule has 0 atom stereocenters. The predicted octanol–water partition coefficient (Wildman–Crippen LogP) is 0.524. The third kappa shape index (κ3) is 3.06. The molecule has 0 aromatic carbocycles. The van der Waals surface area contributed by atoms with Crippen molar-refractivity contribution in [1.82, 2.24) is 24.9 Å². The van der Waals surface area contributed by atoms with Crippen molar-refractivity contribution in [2.75, 3.05) is 19.4 Å². The Morgan fingerprint density at radius 3 is 2.74 bits per heavy atom. The van der Waals surface area contributed by atoms with Gasteiger partial charge >= 0.3 is 0 Å². The minimum Gasteiger partial charge on any atom is -0.372 e. The van der Waals surface area contributed by atoms with Crippen LogP contribution in [0.4, 0.5) is 5.82 Å². The maximum atomic E-state index is 12.1. The summed E-state index contributed by atoms with van der Waals surface area (Å²) in [6.07, 6.45) is 3.61. The van der Waals surface area contributed by atoms with Crippen LogP contribution in [0.3, 0.4) is 0 Å². The van der Waals surface area contributed by atoms with Crippen LogP contribution in [-0.4, -0.2) is 44.9 Å². The summed E-state index contributed by atoms with van der Waals surface area (Å²) < 4.78 is 1.70. The molecular formula is C12H16N6O. The van der Waals surface area contributed by atoms with Gasteiger partial charge in [-0.3, -0.25) is 9.48 Å². The van der Waals surface area contributed by atoms with Crippen molar-refractivity contribution >= 4 is 11.7 Å². The molecule has 0 fully saturated rings. The number of amides is 1. The molecule has 19 heavy (non-hydrogen) atoms. The van der Waals surface area contributed by atoms with Crippen molar-refractivity contribution in [3.63, 3.8) is 0 Å². The number of hydrogen-bond acceptors (Lipinski definition) is 5. The van der Waals surface area contributed by atoms with E-state index in [1.807, 2.05) is 13.2 Å². The van der Waals surface area contributed by atoms with Crippen molar-refractivity contribution in [3.05, 3.63) is 35.8 Å². The summed E-state index contributed by atoms with van der Waals surface area (Å²) in [5.74, 6) is 0.463. The van der Waals surface area contributed by atoms with Crippen LogP contribution in [0.15, 0.2) is 24.5 Å². The zero-order valence-corrected chi connectivity index (χ0v) is 11.2. The smallest absolute Gasteiger partial charge is 0.274 e. The van der Waals surface area contributed by atoms with E-state index in [-0.39, 0.29) is 5.91 Å². The molecule has 0 radical (unpaired) electrons. The average molecular weight is 260 g/mol. The van der Waals surface area contributed by atoms with E-state index in [2.05, 4.69) is 20.6 Å². The van der Waals surface area contributed by atoms with Gasteiger partial charge < -0.3 is 10.2 Å². The minimum absolute atomic E-state index is 0.168. The lowest BCUT2D eigenvalue weighted by molar-refractivity contribution is 0.0778. The topological polar surface area (TPSA) is 75.9 Å². The van der Waals surface area contributed by atoms with E-state index < -0.39 is 0 Å². The molecule has 0 bridgehead atoms. The monoisotopic (exact) mass is 260 g/mol. The minimum atomic E-state index is -0.168. The maximum Gasteiger partial charge on any atom is 0.274 e. The molecule has 2 rings (SSSR count). The number of rotatable bonds is 4. The fraction of sp³-hybridized carbons (Fsp3) is 0.333. The first kappa shape index (κ1) is 13.0. The first-order valence-electron chi connectivity index (χ1n) is 5.84. The molecule has 0 aliphatic heterocycles. The van der Waals surface area contributed by atoms with Gasteiger partial charge in [0.05, 0.1) is 6.20 Å². The quantitative estimate of drug-likeness (QED) is 0.867. The highest BCUT2D eigenvalue weighted by Crippen LogP contribution is 2.07. The molecule has 0 unspecified atom stereocenters. The molecule has 0 spiro atoms. The number of nitrogens with one attached hydrogen (secondary N) is 1. The molecule has 0 aliphatic carbocycles. The molecule has 0 aliphatic rings. The Morgan fingerprint density at radius 1 is 1.42 bits per heavy atom. The van der Waals surface area contributed by atoms with Crippen molar-refractivity contribution in [1.29, 1.82) is 0 Å². The summed E-state index contributed by atoms with van der Waals surface area (Å²) >= 11 is 0. The van der Waals surface area contributed by atoms with E-state index in [1.165, 1.54) is 0 Å². The molecule has 1 N–H and O–H groups in total. The summed E-state index contributed by atoms with van der Waals surface area (Å²) in [7, 11) is 5.32. The summed E-state index contributed by atoms with van der Waals surface area (Å²) in [6.45, 7) is 0.488. The largest absolute Gasteiger partial charge is 0.372 e. The Kier molecular flexibility index (Phi) is 3.74. The van der Waals surface area contributed by atoms with Crippen LogP contribution in [-0.2, 0) is 13.6 Å². The van der Waals surface area contributed by atoms with Crippen molar-refractivity contribution in [2.45, 2.75) is 6.54 Å². The van der Waals surface area contributed by atoms with Gasteiger partial charge in [0.1, 0.15) is 5.82 Å². The molecule has 2 heterocycles. The van der Waals surface area contributed by atoms with Gasteiger partial charge in [-0.2, -0.15) is 5.10 Å². The van der Waals surface area contributed by atoms with E-state index in [4.69, 9.17) is 0 Å². The highest BCUT2D eigenvalue weighted by atomic mass is 16.2. The second-order valence-electron chi connectivity index (χ2n) is 4.24. The van der Waals surface area contributed by atoms with Crippen molar-refractivity contribution < 1.29 is 4.79 Å². The second kappa shape index (κ2) is 5.47. The normalized spacial score (nSPS) is 10.3. The number of nitrogens with zero attached hydrogens (tertiary/aromatic N) is 5. The SMILES string of the molecule is CNc1ccc(C(=O)N(C)Cc2cnn(C)c2)nn1. The number of anilines is 1. The Labute approximate surface area is 111 Å². The van der Waals surface area contributed by atoms with Crippen LogP contribution in [0, 0.1) is 0 Å². The summed E-state index contributed by atoms with van der Waals surface area (Å²) in [5.41, 5.74) is 1.29. The molecular weight excluding hydrogens is 244 g/mol. The Bertz CT molecular complexity index is 562. The van der Waals surface area contributed by atoms with E-state index in [9.17, 15) is 4.79 Å². The average Bonchev–Trinajstić information content (AvgIpc) is 2.83. The molecule has 100 valence electrons. The van der Waals surface area contributed by atoms with Gasteiger partial charge in [0.2, 0.25) is 0 Å². The molecule has 1 amide bonds. The third-order valence-electron chi connectivity index (χ3n) is 2.66. The Balaban J connectivity index is 2.05. The predicted molar refractivity (Wildman–Crippen MR) is 70.6 cm³/mol. The summed E-state index contributed by atoms with van der Waals surface area (Å²) in [5, 5.41) is 14.7.